The molecular weight excluding hydrogens is 286 g/mol. The van der Waals surface area contributed by atoms with Gasteiger partial charge in [-0.05, 0) is 24.6 Å². The van der Waals surface area contributed by atoms with Crippen molar-refractivity contribution in [1.82, 2.24) is 5.32 Å². The normalized spacial score (nSPS) is 12.2. The Kier molecular flexibility index (Phi) is 5.61. The van der Waals surface area contributed by atoms with Crippen molar-refractivity contribution >= 4 is 21.9 Å². The van der Waals surface area contributed by atoms with Crippen LogP contribution in [0.3, 0.4) is 0 Å². The van der Waals surface area contributed by atoms with Crippen LogP contribution in [0.15, 0.2) is 22.7 Å². The molecule has 4 nitrogen and oxygen atoms in total. The predicted octanol–water partition coefficient (Wildman–Crippen LogP) is 1.71. The van der Waals surface area contributed by atoms with Gasteiger partial charge in [0.15, 0.2) is 0 Å². The van der Waals surface area contributed by atoms with Gasteiger partial charge in [-0.15, -0.1) is 0 Å². The second kappa shape index (κ2) is 6.74. The molecule has 0 amide bonds. The molecule has 0 bridgehead atoms. The van der Waals surface area contributed by atoms with E-state index in [9.17, 15) is 4.79 Å². The number of aliphatic hydroxyl groups is 1. The number of aliphatic hydroxyl groups excluding tert-OH is 1. The van der Waals surface area contributed by atoms with E-state index >= 15 is 0 Å². The molecule has 0 fully saturated rings. The molecule has 0 aliphatic carbocycles. The van der Waals surface area contributed by atoms with Gasteiger partial charge in [0, 0.05) is 17.6 Å². The zero-order chi connectivity index (χ0) is 12.8. The van der Waals surface area contributed by atoms with E-state index < -0.39 is 0 Å². The van der Waals surface area contributed by atoms with Crippen molar-refractivity contribution in [3.63, 3.8) is 0 Å². The summed E-state index contributed by atoms with van der Waals surface area (Å²) < 4.78 is 5.48. The van der Waals surface area contributed by atoms with E-state index in [0.717, 1.165) is 10.0 Å². The summed E-state index contributed by atoms with van der Waals surface area (Å²) in [4.78, 5) is 11.3. The number of halogens is 1. The first kappa shape index (κ1) is 14.2. The van der Waals surface area contributed by atoms with Gasteiger partial charge >= 0.3 is 5.97 Å². The fraction of sp³-hybridized carbons (Fsp3) is 0.417. The van der Waals surface area contributed by atoms with Gasteiger partial charge in [-0.3, -0.25) is 0 Å². The van der Waals surface area contributed by atoms with Crippen LogP contribution < -0.4 is 5.32 Å². The summed E-state index contributed by atoms with van der Waals surface area (Å²) in [6.45, 7) is 2.89. The lowest BCUT2D eigenvalue weighted by Crippen LogP contribution is -2.24. The molecular formula is C12H16BrNO3. The van der Waals surface area contributed by atoms with Crippen molar-refractivity contribution in [3.05, 3.63) is 33.8 Å². The Morgan fingerprint density at radius 3 is 2.82 bits per heavy atom. The molecule has 1 aromatic carbocycles. The molecule has 0 spiro atoms. The molecule has 0 radical (unpaired) electrons. The molecule has 0 aliphatic rings. The zero-order valence-corrected chi connectivity index (χ0v) is 11.5. The molecule has 1 atom stereocenters. The number of hydrogen-bond donors (Lipinski definition) is 2. The Balaban J connectivity index is 2.66. The summed E-state index contributed by atoms with van der Waals surface area (Å²) in [6.07, 6.45) is -0.372. The average Bonchev–Trinajstić information content (AvgIpc) is 2.29. The number of benzene rings is 1. The maximum absolute atomic E-state index is 11.3. The van der Waals surface area contributed by atoms with Crippen LogP contribution in [0.4, 0.5) is 0 Å². The summed E-state index contributed by atoms with van der Waals surface area (Å²) >= 11 is 3.40. The van der Waals surface area contributed by atoms with Crippen molar-refractivity contribution in [2.75, 3.05) is 13.7 Å². The summed E-state index contributed by atoms with van der Waals surface area (Å²) in [5.41, 5.74) is 1.54. The molecule has 0 aliphatic heterocycles. The molecule has 2 N–H and O–H groups in total. The van der Waals surface area contributed by atoms with E-state index in [1.807, 2.05) is 6.07 Å². The van der Waals surface area contributed by atoms with E-state index in [4.69, 9.17) is 5.11 Å². The number of esters is 1. The second-order valence-corrected chi connectivity index (χ2v) is 4.63. The van der Waals surface area contributed by atoms with Crippen molar-refractivity contribution in [2.24, 2.45) is 0 Å². The molecule has 1 rings (SSSR count). The Labute approximate surface area is 109 Å². The molecule has 1 aromatic rings. The van der Waals surface area contributed by atoms with Gasteiger partial charge in [0.05, 0.1) is 18.8 Å². The molecule has 94 valence electrons. The van der Waals surface area contributed by atoms with Crippen molar-refractivity contribution in [3.8, 4) is 0 Å². The number of nitrogens with one attached hydrogen (secondary N) is 1. The third-order valence-electron chi connectivity index (χ3n) is 2.23. The summed E-state index contributed by atoms with van der Waals surface area (Å²) in [5, 5.41) is 12.2. The Morgan fingerprint density at radius 1 is 1.59 bits per heavy atom. The van der Waals surface area contributed by atoms with E-state index in [1.54, 1.807) is 19.1 Å². The maximum Gasteiger partial charge on any atom is 0.337 e. The SMILES string of the molecule is COC(=O)c1ccc(CNC[C@@H](C)O)c(Br)c1. The van der Waals surface area contributed by atoms with E-state index in [-0.39, 0.29) is 12.1 Å². The number of ether oxygens (including phenoxy) is 1. The van der Waals surface area contributed by atoms with Crippen LogP contribution >= 0.6 is 15.9 Å². The van der Waals surface area contributed by atoms with Crippen LogP contribution in [0.2, 0.25) is 0 Å². The molecule has 0 saturated heterocycles. The monoisotopic (exact) mass is 301 g/mol. The average molecular weight is 302 g/mol. The molecule has 17 heavy (non-hydrogen) atoms. The van der Waals surface area contributed by atoms with Gasteiger partial charge in [-0.2, -0.15) is 0 Å². The summed E-state index contributed by atoms with van der Waals surface area (Å²) in [7, 11) is 1.36. The molecule has 0 saturated carbocycles. The van der Waals surface area contributed by atoms with Gasteiger partial charge in [-0.1, -0.05) is 22.0 Å². The second-order valence-electron chi connectivity index (χ2n) is 3.78. The van der Waals surface area contributed by atoms with Crippen LogP contribution in [-0.4, -0.2) is 30.8 Å². The van der Waals surface area contributed by atoms with Gasteiger partial charge in [-0.25, -0.2) is 4.79 Å². The van der Waals surface area contributed by atoms with E-state index in [1.165, 1.54) is 7.11 Å². The summed E-state index contributed by atoms with van der Waals surface area (Å²) in [5.74, 6) is -0.353. The molecule has 0 aromatic heterocycles. The highest BCUT2D eigenvalue weighted by atomic mass is 79.9. The number of rotatable bonds is 5. The Bertz CT molecular complexity index is 393. The quantitative estimate of drug-likeness (QED) is 0.813. The van der Waals surface area contributed by atoms with Crippen molar-refractivity contribution < 1.29 is 14.6 Å². The standard InChI is InChI=1S/C12H16BrNO3/c1-8(15)6-14-7-10-4-3-9(5-11(10)13)12(16)17-2/h3-5,8,14-15H,6-7H2,1-2H3/t8-/m1/s1. The highest BCUT2D eigenvalue weighted by molar-refractivity contribution is 9.10. The number of carbonyl (C=O) groups excluding carboxylic acids is 1. The van der Waals surface area contributed by atoms with Gasteiger partial charge < -0.3 is 15.2 Å². The van der Waals surface area contributed by atoms with Crippen LogP contribution in [0.5, 0.6) is 0 Å². The summed E-state index contributed by atoms with van der Waals surface area (Å²) in [6, 6.07) is 5.30. The van der Waals surface area contributed by atoms with Gasteiger partial charge in [0.25, 0.3) is 0 Å². The first-order chi connectivity index (χ1) is 8.04. The third kappa shape index (κ3) is 4.46. The first-order valence-electron chi connectivity index (χ1n) is 5.30. The molecule has 5 heteroatoms. The third-order valence-corrected chi connectivity index (χ3v) is 2.97. The molecule has 0 heterocycles. The minimum absolute atomic E-state index is 0.353. The number of carbonyl (C=O) groups is 1. The van der Waals surface area contributed by atoms with Gasteiger partial charge in [0.2, 0.25) is 0 Å². The lowest BCUT2D eigenvalue weighted by Gasteiger charge is -2.09. The fourth-order valence-corrected chi connectivity index (χ4v) is 1.87. The highest BCUT2D eigenvalue weighted by Crippen LogP contribution is 2.19. The smallest absolute Gasteiger partial charge is 0.337 e. The topological polar surface area (TPSA) is 58.6 Å². The van der Waals surface area contributed by atoms with Gasteiger partial charge in [0.1, 0.15) is 0 Å². The van der Waals surface area contributed by atoms with E-state index in [2.05, 4.69) is 26.0 Å². The lowest BCUT2D eigenvalue weighted by molar-refractivity contribution is 0.0600. The Hall–Kier alpha value is -0.910. The minimum atomic E-state index is -0.372. The zero-order valence-electron chi connectivity index (χ0n) is 9.87. The lowest BCUT2D eigenvalue weighted by atomic mass is 10.1. The number of hydrogen-bond acceptors (Lipinski definition) is 4. The maximum atomic E-state index is 11.3. The molecule has 0 unspecified atom stereocenters. The van der Waals surface area contributed by atoms with Crippen LogP contribution in [-0.2, 0) is 11.3 Å². The first-order valence-corrected chi connectivity index (χ1v) is 6.09. The van der Waals surface area contributed by atoms with E-state index in [0.29, 0.717) is 18.7 Å². The Morgan fingerprint density at radius 2 is 2.29 bits per heavy atom. The minimum Gasteiger partial charge on any atom is -0.465 e. The van der Waals surface area contributed by atoms with Crippen molar-refractivity contribution in [1.29, 1.82) is 0 Å². The highest BCUT2D eigenvalue weighted by Gasteiger charge is 2.08. The largest absolute Gasteiger partial charge is 0.465 e. The predicted molar refractivity (Wildman–Crippen MR) is 68.9 cm³/mol. The number of methoxy groups -OCH3 is 1. The van der Waals surface area contributed by atoms with Crippen LogP contribution in [0.1, 0.15) is 22.8 Å². The van der Waals surface area contributed by atoms with Crippen LogP contribution in [0, 0.1) is 0 Å². The fourth-order valence-electron chi connectivity index (χ4n) is 1.35. The van der Waals surface area contributed by atoms with Crippen LogP contribution in [0.25, 0.3) is 0 Å². The van der Waals surface area contributed by atoms with Crippen molar-refractivity contribution in [2.45, 2.75) is 19.6 Å².